The average Bonchev–Trinajstić information content (AvgIpc) is 3.88. The highest BCUT2D eigenvalue weighted by atomic mass is 16.8. The van der Waals surface area contributed by atoms with Crippen molar-refractivity contribution in [2.45, 2.75) is 210 Å². The van der Waals surface area contributed by atoms with Gasteiger partial charge in [0.2, 0.25) is 0 Å². The Hall–Kier alpha value is -1.75. The first-order valence-corrected chi connectivity index (χ1v) is 24.3. The third-order valence-corrected chi connectivity index (χ3v) is 16.9. The SMILES string of the molecule is C#C.C[C@@H](CO)CCC1CC2C(CC3C4CC=C5CC(OC6OC(CO)CC(O)[C@H]6OC6O[C@@H](C)C(O)C[C@H]6O)CCC5(C)C4CCC23C)O1.O=C(OC[C@@H]1OC(O)CC1O)C1CC1. The second-order valence-corrected chi connectivity index (χ2v) is 21.2. The normalized spacial score (nSPS) is 47.5. The molecule has 0 aromatic rings. The molecule has 0 amide bonds. The van der Waals surface area contributed by atoms with Crippen LogP contribution < -0.4 is 0 Å². The maximum atomic E-state index is 11.1. The number of fused-ring (bicyclic) bond motifs is 7. The zero-order valence-corrected chi connectivity index (χ0v) is 38.4. The molecule has 15 heteroatoms. The van der Waals surface area contributed by atoms with Crippen molar-refractivity contribution in [2.24, 2.45) is 46.3 Å². The molecule has 9 aliphatic rings. The number of carbonyl (C=O) groups excluding carboxylic acids is 1. The van der Waals surface area contributed by atoms with E-state index in [1.165, 1.54) is 31.3 Å². The fourth-order valence-electron chi connectivity index (χ4n) is 12.9. The van der Waals surface area contributed by atoms with Crippen LogP contribution in [0.5, 0.6) is 0 Å². The first kappa shape index (κ1) is 50.1. The summed E-state index contributed by atoms with van der Waals surface area (Å²) >= 11 is 0. The Bertz CT molecular complexity index is 1590. The van der Waals surface area contributed by atoms with Gasteiger partial charge in [-0.2, -0.15) is 0 Å². The van der Waals surface area contributed by atoms with E-state index in [1.807, 2.05) is 0 Å². The third-order valence-electron chi connectivity index (χ3n) is 16.9. The van der Waals surface area contributed by atoms with Crippen molar-refractivity contribution in [3.63, 3.8) is 0 Å². The van der Waals surface area contributed by atoms with Gasteiger partial charge in [-0.25, -0.2) is 0 Å². The number of ether oxygens (including phenoxy) is 7. The zero-order chi connectivity index (χ0) is 46.1. The summed E-state index contributed by atoms with van der Waals surface area (Å²) in [5.74, 6) is 2.86. The molecule has 4 saturated carbocycles. The molecule has 15 nitrogen and oxygen atoms in total. The van der Waals surface area contributed by atoms with Crippen molar-refractivity contribution >= 4 is 5.97 Å². The predicted octanol–water partition coefficient (Wildman–Crippen LogP) is 3.49. The summed E-state index contributed by atoms with van der Waals surface area (Å²) in [6.45, 7) is 8.98. The van der Waals surface area contributed by atoms with Gasteiger partial charge in [-0.15, -0.1) is 12.8 Å². The Morgan fingerprint density at radius 2 is 1.58 bits per heavy atom. The lowest BCUT2D eigenvalue weighted by Crippen LogP contribution is -2.57. The Morgan fingerprint density at radius 3 is 2.27 bits per heavy atom. The molecule has 0 bridgehead atoms. The standard InChI is InChI=1S/C38H62O10.C9H14O5.C2H2/c1-20(18-39)5-7-23-14-29-33(45-23)16-28-26-8-6-22-13-24(9-11-37(22,3)27(26)10-12-38(28,29)4)46-36-34(31(42)15-25(19-40)47-36)48-35-32(43)17-30(41)21(2)44-35;10-6-3-8(11)14-7(6)4-13-9(12)5-1-2-5;1-2/h6,20-21,23-36,39-43H,5,7-19H2,1-4H3;5-8,10-11H,1-4H2;1-2H/t20-,21+,23?,24?,25?,26?,27?,28?,29?,30?,31?,32-,33?,34-,35?,36?,37?,38?;6?,7-,8?;/m10./s1. The zero-order valence-electron chi connectivity index (χ0n) is 38.4. The number of hydrogen-bond acceptors (Lipinski definition) is 15. The highest BCUT2D eigenvalue weighted by molar-refractivity contribution is 5.74. The maximum absolute atomic E-state index is 11.1. The van der Waals surface area contributed by atoms with E-state index in [2.05, 4.69) is 39.7 Å². The van der Waals surface area contributed by atoms with E-state index in [9.17, 15) is 35.4 Å². The van der Waals surface area contributed by atoms with E-state index in [4.69, 9.17) is 38.3 Å². The molecule has 16 unspecified atom stereocenters. The summed E-state index contributed by atoms with van der Waals surface area (Å²) in [6, 6.07) is 0. The van der Waals surface area contributed by atoms with Crippen LogP contribution in [0.2, 0.25) is 0 Å². The molecular formula is C49H78O15. The van der Waals surface area contributed by atoms with Crippen LogP contribution in [-0.2, 0) is 38.0 Å². The molecule has 7 N–H and O–H groups in total. The average molecular weight is 907 g/mol. The molecule has 0 aromatic heterocycles. The largest absolute Gasteiger partial charge is 0.463 e. The molecule has 0 spiro atoms. The molecule has 21 atom stereocenters. The predicted molar refractivity (Wildman–Crippen MR) is 231 cm³/mol. The summed E-state index contributed by atoms with van der Waals surface area (Å²) in [6.07, 6.45) is 15.3. The van der Waals surface area contributed by atoms with Gasteiger partial charge in [0.25, 0.3) is 0 Å². The minimum absolute atomic E-state index is 0.0353. The van der Waals surface area contributed by atoms with Crippen molar-refractivity contribution < 1.29 is 73.7 Å². The van der Waals surface area contributed by atoms with Crippen molar-refractivity contribution in [2.75, 3.05) is 19.8 Å². The molecule has 8 fully saturated rings. The maximum Gasteiger partial charge on any atom is 0.309 e. The summed E-state index contributed by atoms with van der Waals surface area (Å²) in [7, 11) is 0. The van der Waals surface area contributed by atoms with Crippen LogP contribution in [0.3, 0.4) is 0 Å². The number of terminal acetylenes is 1. The number of hydrogen-bond donors (Lipinski definition) is 7. The summed E-state index contributed by atoms with van der Waals surface area (Å²) in [5.41, 5.74) is 1.96. The lowest BCUT2D eigenvalue weighted by Gasteiger charge is -2.58. The van der Waals surface area contributed by atoms with Gasteiger partial charge in [0.15, 0.2) is 18.9 Å². The highest BCUT2D eigenvalue weighted by Crippen LogP contribution is 2.68. The summed E-state index contributed by atoms with van der Waals surface area (Å²) < 4.78 is 41.3. The van der Waals surface area contributed by atoms with Gasteiger partial charge in [-0.1, -0.05) is 32.4 Å². The van der Waals surface area contributed by atoms with E-state index >= 15 is 0 Å². The summed E-state index contributed by atoms with van der Waals surface area (Å²) in [5, 5.41) is 69.5. The highest BCUT2D eigenvalue weighted by Gasteiger charge is 2.63. The van der Waals surface area contributed by atoms with Crippen molar-refractivity contribution in [3.05, 3.63) is 11.6 Å². The van der Waals surface area contributed by atoms with Gasteiger partial charge in [0.1, 0.15) is 24.9 Å². The Morgan fingerprint density at radius 1 is 0.812 bits per heavy atom. The molecule has 364 valence electrons. The van der Waals surface area contributed by atoms with E-state index in [0.717, 1.165) is 51.4 Å². The minimum atomic E-state index is -1.04. The number of esters is 1. The molecule has 4 heterocycles. The molecular weight excluding hydrogens is 829 g/mol. The van der Waals surface area contributed by atoms with Crippen LogP contribution in [0.4, 0.5) is 0 Å². The molecule has 0 radical (unpaired) electrons. The summed E-state index contributed by atoms with van der Waals surface area (Å²) in [4.78, 5) is 11.1. The smallest absolute Gasteiger partial charge is 0.309 e. The monoisotopic (exact) mass is 907 g/mol. The van der Waals surface area contributed by atoms with Crippen LogP contribution in [0.1, 0.15) is 124 Å². The fourth-order valence-corrected chi connectivity index (χ4v) is 12.9. The quantitative estimate of drug-likeness (QED) is 0.0847. The molecule has 5 aliphatic carbocycles. The van der Waals surface area contributed by atoms with Gasteiger partial charge in [0, 0.05) is 25.9 Å². The molecule has 4 saturated heterocycles. The minimum Gasteiger partial charge on any atom is -0.463 e. The fraction of sp³-hybridized carbons (Fsp3) is 0.898. The number of rotatable bonds is 12. The first-order chi connectivity index (χ1) is 30.6. The molecule has 4 aliphatic heterocycles. The van der Waals surface area contributed by atoms with Crippen molar-refractivity contribution in [1.82, 2.24) is 0 Å². The first-order valence-electron chi connectivity index (χ1n) is 24.3. The number of aliphatic hydroxyl groups is 7. The van der Waals surface area contributed by atoms with Gasteiger partial charge < -0.3 is 68.9 Å². The van der Waals surface area contributed by atoms with Gasteiger partial charge in [-0.05, 0) is 124 Å². The van der Waals surface area contributed by atoms with E-state index in [-0.39, 0.29) is 62.5 Å². The van der Waals surface area contributed by atoms with E-state index < -0.39 is 67.7 Å². The van der Waals surface area contributed by atoms with Crippen LogP contribution >= 0.6 is 0 Å². The number of aliphatic hydroxyl groups excluding tert-OH is 7. The second-order valence-electron chi connectivity index (χ2n) is 21.2. The van der Waals surface area contributed by atoms with Crippen LogP contribution in [0.15, 0.2) is 11.6 Å². The van der Waals surface area contributed by atoms with E-state index in [0.29, 0.717) is 47.2 Å². The second kappa shape index (κ2) is 21.3. The van der Waals surface area contributed by atoms with Crippen LogP contribution in [0.25, 0.3) is 0 Å². The molecule has 64 heavy (non-hydrogen) atoms. The topological polar surface area (TPSA) is 223 Å². The van der Waals surface area contributed by atoms with Crippen molar-refractivity contribution in [3.8, 4) is 12.8 Å². The van der Waals surface area contributed by atoms with Gasteiger partial charge in [0.05, 0.1) is 61.4 Å². The Labute approximate surface area is 379 Å². The van der Waals surface area contributed by atoms with Crippen LogP contribution in [-0.4, -0.2) is 148 Å². The van der Waals surface area contributed by atoms with Crippen LogP contribution in [0, 0.1) is 59.2 Å². The lowest BCUT2D eigenvalue weighted by atomic mass is 9.47. The molecule has 9 rings (SSSR count). The number of allylic oxidation sites excluding steroid dienone is 1. The Kier molecular flexibility index (Phi) is 16.7. The van der Waals surface area contributed by atoms with Gasteiger partial charge in [-0.3, -0.25) is 4.79 Å². The van der Waals surface area contributed by atoms with E-state index in [1.54, 1.807) is 6.92 Å². The van der Waals surface area contributed by atoms with Gasteiger partial charge >= 0.3 is 5.97 Å². The van der Waals surface area contributed by atoms with Crippen molar-refractivity contribution in [1.29, 1.82) is 0 Å². The number of carbonyl (C=O) groups is 1. The third kappa shape index (κ3) is 10.8. The Balaban J connectivity index is 0.000000323. The lowest BCUT2D eigenvalue weighted by molar-refractivity contribution is -0.347. The molecule has 0 aromatic carbocycles.